The zero-order valence-corrected chi connectivity index (χ0v) is 11.4. The van der Waals surface area contributed by atoms with Gasteiger partial charge in [-0.25, -0.2) is 8.42 Å². The molecule has 2 rings (SSSR count). The van der Waals surface area contributed by atoms with E-state index in [2.05, 4.69) is 4.72 Å². The summed E-state index contributed by atoms with van der Waals surface area (Å²) in [5.41, 5.74) is -0.303. The standard InChI is InChI=1S/C13H9N3O4S/c14-9-10-4-3-5-11(8-10)21(19,20)15-12-6-1-2-7-13(12)16(17)18/h1-8,15H. The molecule has 0 aliphatic rings. The number of anilines is 1. The van der Waals surface area contributed by atoms with Crippen LogP contribution in [0.4, 0.5) is 11.4 Å². The highest BCUT2D eigenvalue weighted by Crippen LogP contribution is 2.26. The molecule has 0 aromatic heterocycles. The fourth-order valence-corrected chi connectivity index (χ4v) is 2.78. The Morgan fingerprint density at radius 3 is 2.52 bits per heavy atom. The molecule has 2 aromatic carbocycles. The fourth-order valence-electron chi connectivity index (χ4n) is 1.66. The van der Waals surface area contributed by atoms with Gasteiger partial charge in [0.15, 0.2) is 0 Å². The molecule has 0 saturated heterocycles. The Labute approximate surface area is 120 Å². The van der Waals surface area contributed by atoms with Gasteiger partial charge in [0.2, 0.25) is 0 Å². The number of nitrogens with one attached hydrogen (secondary N) is 1. The number of nitro groups is 1. The highest BCUT2D eigenvalue weighted by atomic mass is 32.2. The summed E-state index contributed by atoms with van der Waals surface area (Å²) in [4.78, 5) is 10.1. The molecule has 0 atom stereocenters. The molecule has 0 aliphatic carbocycles. The molecule has 0 radical (unpaired) electrons. The number of nitriles is 1. The number of nitrogens with zero attached hydrogens (tertiary/aromatic N) is 2. The lowest BCUT2D eigenvalue weighted by molar-refractivity contribution is -0.383. The maximum absolute atomic E-state index is 12.2. The van der Waals surface area contributed by atoms with Crippen molar-refractivity contribution in [2.45, 2.75) is 4.90 Å². The Kier molecular flexibility index (Phi) is 3.86. The van der Waals surface area contributed by atoms with Gasteiger partial charge in [0.05, 0.1) is 21.5 Å². The van der Waals surface area contributed by atoms with E-state index >= 15 is 0 Å². The monoisotopic (exact) mass is 303 g/mol. The number of hydrogen-bond donors (Lipinski definition) is 1. The lowest BCUT2D eigenvalue weighted by atomic mass is 10.2. The van der Waals surface area contributed by atoms with E-state index in [1.807, 2.05) is 6.07 Å². The third-order valence-corrected chi connectivity index (χ3v) is 3.98. The molecular formula is C13H9N3O4S. The van der Waals surface area contributed by atoms with Crippen molar-refractivity contribution in [3.63, 3.8) is 0 Å². The van der Waals surface area contributed by atoms with E-state index in [0.29, 0.717) is 0 Å². The van der Waals surface area contributed by atoms with Gasteiger partial charge in [-0.05, 0) is 24.3 Å². The molecule has 1 N–H and O–H groups in total. The summed E-state index contributed by atoms with van der Waals surface area (Å²) in [6, 6.07) is 12.6. The highest BCUT2D eigenvalue weighted by molar-refractivity contribution is 7.92. The van der Waals surface area contributed by atoms with Gasteiger partial charge >= 0.3 is 0 Å². The molecule has 0 unspecified atom stereocenters. The largest absolute Gasteiger partial charge is 0.293 e. The van der Waals surface area contributed by atoms with E-state index in [1.54, 1.807) is 0 Å². The second kappa shape index (κ2) is 5.60. The molecule has 0 fully saturated rings. The van der Waals surface area contributed by atoms with Crippen molar-refractivity contribution in [3.8, 4) is 6.07 Å². The van der Waals surface area contributed by atoms with Crippen LogP contribution in [0.2, 0.25) is 0 Å². The van der Waals surface area contributed by atoms with Crippen molar-refractivity contribution in [3.05, 3.63) is 64.2 Å². The number of hydrogen-bond acceptors (Lipinski definition) is 5. The highest BCUT2D eigenvalue weighted by Gasteiger charge is 2.20. The topological polar surface area (TPSA) is 113 Å². The van der Waals surface area contributed by atoms with Gasteiger partial charge in [-0.2, -0.15) is 5.26 Å². The molecule has 7 nitrogen and oxygen atoms in total. The maximum atomic E-state index is 12.2. The first-order valence-electron chi connectivity index (χ1n) is 5.70. The Morgan fingerprint density at radius 2 is 1.86 bits per heavy atom. The van der Waals surface area contributed by atoms with Crippen LogP contribution in [0, 0.1) is 21.4 Å². The maximum Gasteiger partial charge on any atom is 0.293 e. The summed E-state index contributed by atoms with van der Waals surface area (Å²) in [5, 5.41) is 19.7. The second-order valence-corrected chi connectivity index (χ2v) is 5.70. The van der Waals surface area contributed by atoms with Crippen molar-refractivity contribution >= 4 is 21.4 Å². The van der Waals surface area contributed by atoms with Crippen LogP contribution < -0.4 is 4.72 Å². The van der Waals surface area contributed by atoms with Gasteiger partial charge in [-0.1, -0.05) is 18.2 Å². The lowest BCUT2D eigenvalue weighted by Gasteiger charge is -2.08. The lowest BCUT2D eigenvalue weighted by Crippen LogP contribution is -2.14. The number of sulfonamides is 1. The van der Waals surface area contributed by atoms with Crippen LogP contribution in [0.3, 0.4) is 0 Å². The van der Waals surface area contributed by atoms with Crippen LogP contribution in [-0.2, 0) is 10.0 Å². The van der Waals surface area contributed by atoms with Gasteiger partial charge in [0.25, 0.3) is 15.7 Å². The normalized spacial score (nSPS) is 10.6. The van der Waals surface area contributed by atoms with E-state index in [-0.39, 0.29) is 21.8 Å². The van der Waals surface area contributed by atoms with Crippen LogP contribution in [0.15, 0.2) is 53.4 Å². The summed E-state index contributed by atoms with van der Waals surface area (Å²) in [6.07, 6.45) is 0. The fraction of sp³-hybridized carbons (Fsp3) is 0. The van der Waals surface area contributed by atoms with Crippen molar-refractivity contribution in [1.82, 2.24) is 0 Å². The van der Waals surface area contributed by atoms with Crippen molar-refractivity contribution in [1.29, 1.82) is 5.26 Å². The first-order valence-corrected chi connectivity index (χ1v) is 7.19. The minimum absolute atomic E-state index is 0.134. The third kappa shape index (κ3) is 3.16. The van der Waals surface area contributed by atoms with E-state index < -0.39 is 14.9 Å². The van der Waals surface area contributed by atoms with Gasteiger partial charge in [-0.15, -0.1) is 0 Å². The molecule has 0 spiro atoms. The van der Waals surface area contributed by atoms with E-state index in [0.717, 1.165) is 0 Å². The molecule has 0 saturated carbocycles. The molecule has 106 valence electrons. The summed E-state index contributed by atoms with van der Waals surface area (Å²) in [7, 11) is -4.01. The number of benzene rings is 2. The summed E-state index contributed by atoms with van der Waals surface area (Å²) in [5.74, 6) is 0. The smallest absolute Gasteiger partial charge is 0.273 e. The van der Waals surface area contributed by atoms with Crippen LogP contribution in [0.5, 0.6) is 0 Å². The van der Waals surface area contributed by atoms with Gasteiger partial charge < -0.3 is 0 Å². The molecular weight excluding hydrogens is 294 g/mol. The summed E-state index contributed by atoms with van der Waals surface area (Å²) < 4.78 is 26.6. The van der Waals surface area contributed by atoms with Crippen molar-refractivity contribution in [2.75, 3.05) is 4.72 Å². The molecule has 0 amide bonds. The number of nitro benzene ring substituents is 1. The molecule has 0 aliphatic heterocycles. The van der Waals surface area contributed by atoms with Gasteiger partial charge in [0.1, 0.15) is 5.69 Å². The molecule has 2 aromatic rings. The van der Waals surface area contributed by atoms with Gasteiger partial charge in [-0.3, -0.25) is 14.8 Å². The predicted octanol–water partition coefficient (Wildman–Crippen LogP) is 2.27. The van der Waals surface area contributed by atoms with Crippen LogP contribution >= 0.6 is 0 Å². The minimum Gasteiger partial charge on any atom is -0.273 e. The first-order chi connectivity index (χ1) is 9.94. The molecule has 8 heteroatoms. The number of para-hydroxylation sites is 2. The molecule has 0 bridgehead atoms. The molecule has 0 heterocycles. The van der Waals surface area contributed by atoms with Crippen LogP contribution in [0.1, 0.15) is 5.56 Å². The zero-order chi connectivity index (χ0) is 15.5. The second-order valence-electron chi connectivity index (χ2n) is 4.02. The summed E-state index contributed by atoms with van der Waals surface area (Å²) in [6.45, 7) is 0. The van der Waals surface area contributed by atoms with Crippen LogP contribution in [0.25, 0.3) is 0 Å². The third-order valence-electron chi connectivity index (χ3n) is 2.62. The summed E-state index contributed by atoms with van der Waals surface area (Å²) >= 11 is 0. The Hall–Kier alpha value is -2.92. The average Bonchev–Trinajstić information content (AvgIpc) is 2.47. The predicted molar refractivity (Wildman–Crippen MR) is 75.1 cm³/mol. The SMILES string of the molecule is N#Cc1cccc(S(=O)(=O)Nc2ccccc2[N+](=O)[O-])c1. The molecule has 21 heavy (non-hydrogen) atoms. The van der Waals surface area contributed by atoms with Crippen molar-refractivity contribution < 1.29 is 13.3 Å². The van der Waals surface area contributed by atoms with Gasteiger partial charge in [0, 0.05) is 6.07 Å². The quantitative estimate of drug-likeness (QED) is 0.687. The average molecular weight is 303 g/mol. The van der Waals surface area contributed by atoms with Crippen molar-refractivity contribution in [2.24, 2.45) is 0 Å². The van der Waals surface area contributed by atoms with E-state index in [4.69, 9.17) is 5.26 Å². The Bertz CT molecular complexity index is 840. The van der Waals surface area contributed by atoms with E-state index in [9.17, 15) is 18.5 Å². The first kappa shape index (κ1) is 14.5. The number of rotatable bonds is 4. The Balaban J connectivity index is 2.43. The van der Waals surface area contributed by atoms with Crippen LogP contribution in [-0.4, -0.2) is 13.3 Å². The minimum atomic E-state index is -4.01. The zero-order valence-electron chi connectivity index (χ0n) is 10.6. The Morgan fingerprint density at radius 1 is 1.14 bits per heavy atom. The van der Waals surface area contributed by atoms with E-state index in [1.165, 1.54) is 48.5 Å².